The number of halogens is 2. The summed E-state index contributed by atoms with van der Waals surface area (Å²) in [4.78, 5) is 0. The van der Waals surface area contributed by atoms with E-state index in [1.165, 1.54) is 11.1 Å². The molecule has 0 fully saturated rings. The average molecular weight is 338 g/mol. The van der Waals surface area contributed by atoms with Crippen molar-refractivity contribution in [2.24, 2.45) is 0 Å². The monoisotopic (exact) mass is 336 g/mol. The topological polar surface area (TPSA) is 0 Å². The van der Waals surface area contributed by atoms with Crippen LogP contribution in [0.15, 0.2) is 57.5 Å². The molecule has 0 radical (unpaired) electrons. The molecule has 0 bridgehead atoms. The van der Waals surface area contributed by atoms with Crippen molar-refractivity contribution in [2.45, 2.75) is 0 Å². The first kappa shape index (κ1) is 11.6. The summed E-state index contributed by atoms with van der Waals surface area (Å²) in [6.07, 6.45) is 4.21. The molecule has 0 heterocycles. The Morgan fingerprint density at radius 3 is 2.06 bits per heavy atom. The van der Waals surface area contributed by atoms with Crippen LogP contribution in [0.2, 0.25) is 0 Å². The van der Waals surface area contributed by atoms with Crippen molar-refractivity contribution in [1.29, 1.82) is 0 Å². The lowest BCUT2D eigenvalue weighted by Gasteiger charge is -1.96. The zero-order valence-electron chi connectivity index (χ0n) is 8.53. The molecule has 0 saturated heterocycles. The van der Waals surface area contributed by atoms with Gasteiger partial charge in [0, 0.05) is 8.95 Å². The Balaban J connectivity index is 2.18. The first-order valence-electron chi connectivity index (χ1n) is 4.93. The Bertz CT molecular complexity index is 498. The van der Waals surface area contributed by atoms with E-state index in [2.05, 4.69) is 68.3 Å². The van der Waals surface area contributed by atoms with Crippen LogP contribution in [-0.2, 0) is 0 Å². The summed E-state index contributed by atoms with van der Waals surface area (Å²) in [5.41, 5.74) is 2.39. The van der Waals surface area contributed by atoms with Crippen LogP contribution in [-0.4, -0.2) is 0 Å². The second kappa shape index (κ2) is 5.46. The number of rotatable bonds is 2. The van der Waals surface area contributed by atoms with Gasteiger partial charge in [0.1, 0.15) is 0 Å². The van der Waals surface area contributed by atoms with Crippen LogP contribution in [0.4, 0.5) is 0 Å². The SMILES string of the molecule is Brc1ccc(/C=C\c2cccc(Br)c2)cc1. The van der Waals surface area contributed by atoms with E-state index in [1.54, 1.807) is 0 Å². The summed E-state index contributed by atoms with van der Waals surface area (Å²) >= 11 is 6.88. The fraction of sp³-hybridized carbons (Fsp3) is 0. The molecule has 0 aliphatic carbocycles. The fourth-order valence-electron chi connectivity index (χ4n) is 1.38. The van der Waals surface area contributed by atoms with Gasteiger partial charge in [0.15, 0.2) is 0 Å². The van der Waals surface area contributed by atoms with Crippen molar-refractivity contribution in [1.82, 2.24) is 0 Å². The van der Waals surface area contributed by atoms with E-state index in [0.29, 0.717) is 0 Å². The Hall–Kier alpha value is -0.860. The van der Waals surface area contributed by atoms with Crippen molar-refractivity contribution in [3.05, 3.63) is 68.6 Å². The minimum Gasteiger partial charge on any atom is -0.0606 e. The van der Waals surface area contributed by atoms with E-state index < -0.39 is 0 Å². The van der Waals surface area contributed by atoms with E-state index >= 15 is 0 Å². The molecule has 2 rings (SSSR count). The first-order chi connectivity index (χ1) is 7.74. The number of benzene rings is 2. The van der Waals surface area contributed by atoms with Crippen LogP contribution in [0.25, 0.3) is 12.2 Å². The number of hydrogen-bond acceptors (Lipinski definition) is 0. The lowest BCUT2D eigenvalue weighted by atomic mass is 10.1. The lowest BCUT2D eigenvalue weighted by Crippen LogP contribution is -1.73. The first-order valence-corrected chi connectivity index (χ1v) is 6.52. The van der Waals surface area contributed by atoms with Gasteiger partial charge < -0.3 is 0 Å². The molecule has 2 aromatic rings. The highest BCUT2D eigenvalue weighted by Gasteiger charge is 1.90. The molecule has 0 aliphatic heterocycles. The second-order valence-corrected chi connectivity index (χ2v) is 5.27. The molecular formula is C14H10Br2. The van der Waals surface area contributed by atoms with Crippen LogP contribution >= 0.6 is 31.9 Å². The molecule has 0 saturated carbocycles. The minimum absolute atomic E-state index is 1.10. The van der Waals surface area contributed by atoms with E-state index in [9.17, 15) is 0 Å². The van der Waals surface area contributed by atoms with E-state index in [4.69, 9.17) is 0 Å². The van der Waals surface area contributed by atoms with Gasteiger partial charge in [0.2, 0.25) is 0 Å². The van der Waals surface area contributed by atoms with Crippen molar-refractivity contribution in [2.75, 3.05) is 0 Å². The largest absolute Gasteiger partial charge is 0.0606 e. The molecule has 0 amide bonds. The Labute approximate surface area is 112 Å². The fourth-order valence-corrected chi connectivity index (χ4v) is 2.06. The molecule has 0 atom stereocenters. The average Bonchev–Trinajstić information content (AvgIpc) is 2.28. The predicted octanol–water partition coefficient (Wildman–Crippen LogP) is 5.38. The van der Waals surface area contributed by atoms with Crippen molar-refractivity contribution >= 4 is 44.0 Å². The van der Waals surface area contributed by atoms with Gasteiger partial charge in [-0.2, -0.15) is 0 Å². The highest BCUT2D eigenvalue weighted by atomic mass is 79.9. The van der Waals surface area contributed by atoms with Gasteiger partial charge >= 0.3 is 0 Å². The highest BCUT2D eigenvalue weighted by Crippen LogP contribution is 2.15. The third-order valence-electron chi connectivity index (χ3n) is 2.19. The van der Waals surface area contributed by atoms with E-state index in [0.717, 1.165) is 8.95 Å². The summed E-state index contributed by atoms with van der Waals surface area (Å²) in [6.45, 7) is 0. The van der Waals surface area contributed by atoms with Gasteiger partial charge in [0.25, 0.3) is 0 Å². The van der Waals surface area contributed by atoms with Crippen LogP contribution in [0.5, 0.6) is 0 Å². The molecule has 80 valence electrons. The highest BCUT2D eigenvalue weighted by molar-refractivity contribution is 9.10. The zero-order valence-corrected chi connectivity index (χ0v) is 11.7. The Morgan fingerprint density at radius 2 is 1.38 bits per heavy atom. The standard InChI is InChI=1S/C14H10Br2/c15-13-8-6-11(7-9-13)4-5-12-2-1-3-14(16)10-12/h1-10H/b5-4-. The smallest absolute Gasteiger partial charge is 0.0181 e. The summed E-state index contributed by atoms with van der Waals surface area (Å²) in [7, 11) is 0. The summed E-state index contributed by atoms with van der Waals surface area (Å²) in [5, 5.41) is 0. The van der Waals surface area contributed by atoms with Gasteiger partial charge in [-0.05, 0) is 35.4 Å². The van der Waals surface area contributed by atoms with Crippen LogP contribution in [0, 0.1) is 0 Å². The molecule has 2 aromatic carbocycles. The van der Waals surface area contributed by atoms with E-state index in [-0.39, 0.29) is 0 Å². The summed E-state index contributed by atoms with van der Waals surface area (Å²) in [6, 6.07) is 16.5. The molecular weight excluding hydrogens is 328 g/mol. The van der Waals surface area contributed by atoms with Crippen molar-refractivity contribution < 1.29 is 0 Å². The van der Waals surface area contributed by atoms with Gasteiger partial charge in [-0.1, -0.05) is 68.3 Å². The maximum Gasteiger partial charge on any atom is 0.0181 e. The second-order valence-electron chi connectivity index (χ2n) is 3.44. The van der Waals surface area contributed by atoms with E-state index in [1.807, 2.05) is 24.3 Å². The van der Waals surface area contributed by atoms with Gasteiger partial charge in [-0.3, -0.25) is 0 Å². The maximum absolute atomic E-state index is 3.46. The Kier molecular flexibility index (Phi) is 3.97. The maximum atomic E-state index is 3.46. The van der Waals surface area contributed by atoms with Crippen LogP contribution in [0.1, 0.15) is 11.1 Å². The normalized spacial score (nSPS) is 10.9. The third kappa shape index (κ3) is 3.32. The molecule has 2 heteroatoms. The van der Waals surface area contributed by atoms with Gasteiger partial charge in [-0.15, -0.1) is 0 Å². The summed E-state index contributed by atoms with van der Waals surface area (Å²) < 4.78 is 2.21. The van der Waals surface area contributed by atoms with Crippen molar-refractivity contribution in [3.8, 4) is 0 Å². The third-order valence-corrected chi connectivity index (χ3v) is 3.21. The van der Waals surface area contributed by atoms with Crippen LogP contribution < -0.4 is 0 Å². The molecule has 0 N–H and O–H groups in total. The zero-order chi connectivity index (χ0) is 11.4. The molecule has 16 heavy (non-hydrogen) atoms. The summed E-state index contributed by atoms with van der Waals surface area (Å²) in [5.74, 6) is 0. The molecule has 0 unspecified atom stereocenters. The quantitative estimate of drug-likeness (QED) is 0.645. The molecule has 0 aromatic heterocycles. The Morgan fingerprint density at radius 1 is 0.688 bits per heavy atom. The molecule has 0 spiro atoms. The minimum atomic E-state index is 1.10. The molecule has 0 aliphatic rings. The van der Waals surface area contributed by atoms with Gasteiger partial charge in [-0.25, -0.2) is 0 Å². The van der Waals surface area contributed by atoms with Crippen molar-refractivity contribution in [3.63, 3.8) is 0 Å². The van der Waals surface area contributed by atoms with Gasteiger partial charge in [0.05, 0.1) is 0 Å². The number of hydrogen-bond donors (Lipinski definition) is 0. The lowest BCUT2D eigenvalue weighted by molar-refractivity contribution is 1.60. The predicted molar refractivity (Wildman–Crippen MR) is 77.2 cm³/mol. The molecule has 0 nitrogen and oxygen atoms in total. The van der Waals surface area contributed by atoms with Crippen LogP contribution in [0.3, 0.4) is 0 Å².